The Balaban J connectivity index is 1.27. The zero-order chi connectivity index (χ0) is 23.4. The SMILES string of the molecule is COc1ccc(-c2noc(C3CCN(C(=O)CNC(=O)c4ccc(C)c(C)c4)CC3)n2)cc1. The summed E-state index contributed by atoms with van der Waals surface area (Å²) in [5, 5.41) is 6.84. The summed E-state index contributed by atoms with van der Waals surface area (Å²) in [7, 11) is 1.62. The van der Waals surface area contributed by atoms with Crippen molar-refractivity contribution in [3.63, 3.8) is 0 Å². The van der Waals surface area contributed by atoms with Crippen molar-refractivity contribution < 1.29 is 18.8 Å². The van der Waals surface area contributed by atoms with Crippen LogP contribution in [0, 0.1) is 13.8 Å². The second-order valence-electron chi connectivity index (χ2n) is 8.32. The molecule has 0 spiro atoms. The molecule has 0 bridgehead atoms. The van der Waals surface area contributed by atoms with E-state index in [-0.39, 0.29) is 24.3 Å². The highest BCUT2D eigenvalue weighted by molar-refractivity contribution is 5.96. The Morgan fingerprint density at radius 2 is 1.82 bits per heavy atom. The fraction of sp³-hybridized carbons (Fsp3) is 0.360. The summed E-state index contributed by atoms with van der Waals surface area (Å²) in [4.78, 5) is 31.3. The van der Waals surface area contributed by atoms with E-state index < -0.39 is 0 Å². The fourth-order valence-corrected chi connectivity index (χ4v) is 3.89. The number of hydrogen-bond donors (Lipinski definition) is 1. The van der Waals surface area contributed by atoms with E-state index in [1.807, 2.05) is 50.2 Å². The molecule has 2 amide bonds. The molecule has 1 aliphatic heterocycles. The standard InChI is InChI=1S/C25H28N4O4/c1-16-4-5-20(14-17(16)2)24(31)26-15-22(30)29-12-10-19(11-13-29)25-27-23(28-33-25)18-6-8-21(32-3)9-7-18/h4-9,14,19H,10-13,15H2,1-3H3,(H,26,31). The third kappa shape index (κ3) is 5.22. The number of hydrogen-bond acceptors (Lipinski definition) is 6. The minimum atomic E-state index is -0.238. The monoisotopic (exact) mass is 448 g/mol. The van der Waals surface area contributed by atoms with Crippen LogP contribution >= 0.6 is 0 Å². The summed E-state index contributed by atoms with van der Waals surface area (Å²) in [6, 6.07) is 13.0. The lowest BCUT2D eigenvalue weighted by Crippen LogP contribution is -2.43. The Kier molecular flexibility index (Phi) is 6.72. The summed E-state index contributed by atoms with van der Waals surface area (Å²) in [6.45, 7) is 5.12. The molecule has 2 heterocycles. The summed E-state index contributed by atoms with van der Waals surface area (Å²) < 4.78 is 10.7. The molecule has 0 aliphatic carbocycles. The van der Waals surface area contributed by atoms with E-state index in [0.29, 0.717) is 30.4 Å². The Morgan fingerprint density at radius 1 is 1.09 bits per heavy atom. The molecule has 1 N–H and O–H groups in total. The Hall–Kier alpha value is -3.68. The van der Waals surface area contributed by atoms with Crippen LogP contribution in [-0.2, 0) is 4.79 Å². The molecule has 1 fully saturated rings. The van der Waals surface area contributed by atoms with Gasteiger partial charge in [-0.25, -0.2) is 0 Å². The number of aryl methyl sites for hydroxylation is 2. The highest BCUT2D eigenvalue weighted by Gasteiger charge is 2.27. The summed E-state index contributed by atoms with van der Waals surface area (Å²) >= 11 is 0. The average Bonchev–Trinajstić information content (AvgIpc) is 3.34. The highest BCUT2D eigenvalue weighted by Crippen LogP contribution is 2.29. The van der Waals surface area contributed by atoms with Gasteiger partial charge in [0.25, 0.3) is 5.91 Å². The molecule has 4 rings (SSSR count). The molecule has 33 heavy (non-hydrogen) atoms. The van der Waals surface area contributed by atoms with Gasteiger partial charge in [-0.15, -0.1) is 0 Å². The average molecular weight is 449 g/mol. The van der Waals surface area contributed by atoms with Gasteiger partial charge in [-0.05, 0) is 74.2 Å². The molecule has 0 radical (unpaired) electrons. The van der Waals surface area contributed by atoms with Crippen LogP contribution in [0.2, 0.25) is 0 Å². The van der Waals surface area contributed by atoms with Crippen LogP contribution in [0.1, 0.15) is 46.1 Å². The van der Waals surface area contributed by atoms with Crippen LogP contribution < -0.4 is 10.1 Å². The van der Waals surface area contributed by atoms with Crippen LogP contribution in [0.4, 0.5) is 0 Å². The molecule has 2 aromatic carbocycles. The molecule has 0 unspecified atom stereocenters. The van der Waals surface area contributed by atoms with Crippen LogP contribution in [0.25, 0.3) is 11.4 Å². The van der Waals surface area contributed by atoms with Gasteiger partial charge < -0.3 is 19.5 Å². The van der Waals surface area contributed by atoms with E-state index in [2.05, 4.69) is 15.5 Å². The molecule has 1 aliphatic rings. The normalized spacial score (nSPS) is 14.2. The van der Waals surface area contributed by atoms with Crippen molar-refractivity contribution in [2.75, 3.05) is 26.7 Å². The second-order valence-corrected chi connectivity index (χ2v) is 8.32. The number of benzene rings is 2. The van der Waals surface area contributed by atoms with Gasteiger partial charge in [0.1, 0.15) is 5.75 Å². The van der Waals surface area contributed by atoms with Gasteiger partial charge in [0.05, 0.1) is 13.7 Å². The quantitative estimate of drug-likeness (QED) is 0.620. The van der Waals surface area contributed by atoms with Gasteiger partial charge in [-0.2, -0.15) is 4.98 Å². The van der Waals surface area contributed by atoms with Crippen molar-refractivity contribution in [2.45, 2.75) is 32.6 Å². The number of amides is 2. The predicted octanol–water partition coefficient (Wildman–Crippen LogP) is 3.50. The summed E-state index contributed by atoms with van der Waals surface area (Å²) in [5.74, 6) is 1.69. The van der Waals surface area contributed by atoms with Crippen molar-refractivity contribution in [3.8, 4) is 17.1 Å². The summed E-state index contributed by atoms with van der Waals surface area (Å²) in [6.07, 6.45) is 1.47. The molecule has 172 valence electrons. The number of rotatable bonds is 6. The minimum Gasteiger partial charge on any atom is -0.497 e. The third-order valence-electron chi connectivity index (χ3n) is 6.16. The third-order valence-corrected chi connectivity index (χ3v) is 6.16. The van der Waals surface area contributed by atoms with Gasteiger partial charge in [0.15, 0.2) is 0 Å². The van der Waals surface area contributed by atoms with E-state index in [9.17, 15) is 9.59 Å². The van der Waals surface area contributed by atoms with Gasteiger partial charge in [0, 0.05) is 30.1 Å². The lowest BCUT2D eigenvalue weighted by atomic mass is 9.96. The molecule has 1 aromatic heterocycles. The molecular weight excluding hydrogens is 420 g/mol. The van der Waals surface area contributed by atoms with E-state index >= 15 is 0 Å². The first kappa shape index (κ1) is 22.5. The number of likely N-dealkylation sites (tertiary alicyclic amines) is 1. The number of carbonyl (C=O) groups is 2. The molecule has 3 aromatic rings. The van der Waals surface area contributed by atoms with Crippen molar-refractivity contribution >= 4 is 11.8 Å². The molecule has 0 saturated carbocycles. The van der Waals surface area contributed by atoms with E-state index in [0.717, 1.165) is 35.3 Å². The van der Waals surface area contributed by atoms with Gasteiger partial charge in [-0.1, -0.05) is 11.2 Å². The van der Waals surface area contributed by atoms with Crippen molar-refractivity contribution in [1.82, 2.24) is 20.4 Å². The molecule has 0 atom stereocenters. The number of nitrogens with one attached hydrogen (secondary N) is 1. The fourth-order valence-electron chi connectivity index (χ4n) is 3.89. The lowest BCUT2D eigenvalue weighted by molar-refractivity contribution is -0.131. The smallest absolute Gasteiger partial charge is 0.251 e. The van der Waals surface area contributed by atoms with Crippen LogP contribution in [0.15, 0.2) is 47.0 Å². The number of aromatic nitrogens is 2. The maximum Gasteiger partial charge on any atom is 0.251 e. The van der Waals surface area contributed by atoms with E-state index in [1.54, 1.807) is 18.1 Å². The topological polar surface area (TPSA) is 97.6 Å². The number of piperidine rings is 1. The largest absolute Gasteiger partial charge is 0.497 e. The van der Waals surface area contributed by atoms with Crippen LogP contribution in [-0.4, -0.2) is 53.6 Å². The minimum absolute atomic E-state index is 0.0153. The molecule has 8 heteroatoms. The first-order valence-electron chi connectivity index (χ1n) is 11.1. The van der Waals surface area contributed by atoms with E-state index in [1.165, 1.54) is 0 Å². The first-order chi connectivity index (χ1) is 15.9. The number of ether oxygens (including phenoxy) is 1. The van der Waals surface area contributed by atoms with Gasteiger partial charge in [-0.3, -0.25) is 9.59 Å². The lowest BCUT2D eigenvalue weighted by Gasteiger charge is -2.30. The predicted molar refractivity (Wildman–Crippen MR) is 123 cm³/mol. The van der Waals surface area contributed by atoms with Crippen molar-refractivity contribution in [2.24, 2.45) is 0 Å². The Bertz CT molecular complexity index is 1130. The van der Waals surface area contributed by atoms with Gasteiger partial charge >= 0.3 is 0 Å². The molecule has 8 nitrogen and oxygen atoms in total. The Labute approximate surface area is 192 Å². The highest BCUT2D eigenvalue weighted by atomic mass is 16.5. The van der Waals surface area contributed by atoms with Crippen LogP contribution in [0.3, 0.4) is 0 Å². The number of nitrogens with zero attached hydrogens (tertiary/aromatic N) is 3. The zero-order valence-electron chi connectivity index (χ0n) is 19.1. The molecular formula is C25H28N4O4. The maximum absolute atomic E-state index is 12.6. The first-order valence-corrected chi connectivity index (χ1v) is 11.1. The van der Waals surface area contributed by atoms with Crippen LogP contribution in [0.5, 0.6) is 5.75 Å². The van der Waals surface area contributed by atoms with Gasteiger partial charge in [0.2, 0.25) is 17.6 Å². The van der Waals surface area contributed by atoms with E-state index in [4.69, 9.17) is 9.26 Å². The number of carbonyl (C=O) groups excluding carboxylic acids is 2. The maximum atomic E-state index is 12.6. The van der Waals surface area contributed by atoms with Crippen molar-refractivity contribution in [3.05, 3.63) is 65.0 Å². The molecule has 1 saturated heterocycles. The Morgan fingerprint density at radius 3 is 2.48 bits per heavy atom. The second kappa shape index (κ2) is 9.85. The van der Waals surface area contributed by atoms with Crippen molar-refractivity contribution in [1.29, 1.82) is 0 Å². The summed E-state index contributed by atoms with van der Waals surface area (Å²) in [5.41, 5.74) is 3.60. The number of methoxy groups -OCH3 is 1. The zero-order valence-corrected chi connectivity index (χ0v) is 19.1.